The van der Waals surface area contributed by atoms with E-state index in [0.29, 0.717) is 0 Å². The van der Waals surface area contributed by atoms with Crippen LogP contribution in [-0.4, -0.2) is 43.6 Å². The van der Waals surface area contributed by atoms with Gasteiger partial charge in [0.15, 0.2) is 0 Å². The number of aryl methyl sites for hydroxylation is 1. The third-order valence-electron chi connectivity index (χ3n) is 4.21. The van der Waals surface area contributed by atoms with Crippen molar-refractivity contribution in [1.82, 2.24) is 9.88 Å². The number of hydrogen-bond acceptors (Lipinski definition) is 4. The van der Waals surface area contributed by atoms with E-state index in [4.69, 9.17) is 5.73 Å². The topological polar surface area (TPSA) is 45.4 Å². The van der Waals surface area contributed by atoms with Gasteiger partial charge in [-0.15, -0.1) is 0 Å². The SMILES string of the molecule is Cc1nc(N(C)CCC2CCN(C)CC2)ccc1N. The van der Waals surface area contributed by atoms with Crippen LogP contribution in [0, 0.1) is 12.8 Å². The molecule has 1 saturated heterocycles. The Kier molecular flexibility index (Phi) is 4.64. The monoisotopic (exact) mass is 262 g/mol. The van der Waals surface area contributed by atoms with Crippen LogP contribution in [0.15, 0.2) is 12.1 Å². The molecule has 1 aliphatic rings. The standard InChI is InChI=1S/C15H26N4/c1-12-14(16)4-5-15(17-12)19(3)11-8-13-6-9-18(2)10-7-13/h4-5,13H,6-11,16H2,1-3H3. The summed E-state index contributed by atoms with van der Waals surface area (Å²) in [6.45, 7) is 5.52. The van der Waals surface area contributed by atoms with Gasteiger partial charge >= 0.3 is 0 Å². The summed E-state index contributed by atoms with van der Waals surface area (Å²) in [5.41, 5.74) is 7.50. The van der Waals surface area contributed by atoms with Gasteiger partial charge in [-0.1, -0.05) is 0 Å². The molecule has 19 heavy (non-hydrogen) atoms. The molecule has 1 aliphatic heterocycles. The smallest absolute Gasteiger partial charge is 0.128 e. The lowest BCUT2D eigenvalue weighted by atomic mass is 9.94. The second-order valence-corrected chi connectivity index (χ2v) is 5.80. The first-order valence-electron chi connectivity index (χ1n) is 7.19. The normalized spacial score (nSPS) is 17.6. The first-order valence-corrected chi connectivity index (χ1v) is 7.19. The Bertz CT molecular complexity index is 411. The molecule has 0 aromatic carbocycles. The number of nitrogens with zero attached hydrogens (tertiary/aromatic N) is 3. The number of likely N-dealkylation sites (tertiary alicyclic amines) is 1. The van der Waals surface area contributed by atoms with Crippen LogP contribution in [0.1, 0.15) is 25.0 Å². The zero-order chi connectivity index (χ0) is 13.8. The summed E-state index contributed by atoms with van der Waals surface area (Å²) in [6, 6.07) is 3.96. The molecule has 0 amide bonds. The van der Waals surface area contributed by atoms with Crippen molar-refractivity contribution >= 4 is 11.5 Å². The molecule has 1 aromatic rings. The van der Waals surface area contributed by atoms with Gasteiger partial charge in [0, 0.05) is 13.6 Å². The Hall–Kier alpha value is -1.29. The lowest BCUT2D eigenvalue weighted by Gasteiger charge is -2.30. The van der Waals surface area contributed by atoms with E-state index in [1.165, 1.54) is 32.4 Å². The van der Waals surface area contributed by atoms with Crippen LogP contribution in [0.25, 0.3) is 0 Å². The summed E-state index contributed by atoms with van der Waals surface area (Å²) in [7, 11) is 4.33. The molecular weight excluding hydrogens is 236 g/mol. The lowest BCUT2D eigenvalue weighted by Crippen LogP contribution is -2.32. The van der Waals surface area contributed by atoms with E-state index < -0.39 is 0 Å². The van der Waals surface area contributed by atoms with Gasteiger partial charge in [0.2, 0.25) is 0 Å². The second-order valence-electron chi connectivity index (χ2n) is 5.80. The summed E-state index contributed by atoms with van der Waals surface area (Å²) in [5, 5.41) is 0. The van der Waals surface area contributed by atoms with Crippen molar-refractivity contribution < 1.29 is 0 Å². The van der Waals surface area contributed by atoms with Crippen molar-refractivity contribution in [1.29, 1.82) is 0 Å². The van der Waals surface area contributed by atoms with Gasteiger partial charge < -0.3 is 15.5 Å². The van der Waals surface area contributed by atoms with E-state index in [9.17, 15) is 0 Å². The quantitative estimate of drug-likeness (QED) is 0.903. The summed E-state index contributed by atoms with van der Waals surface area (Å²) >= 11 is 0. The summed E-state index contributed by atoms with van der Waals surface area (Å²) in [5.74, 6) is 1.90. The molecule has 1 aromatic heterocycles. The Morgan fingerprint density at radius 1 is 1.37 bits per heavy atom. The highest BCUT2D eigenvalue weighted by Crippen LogP contribution is 2.21. The molecule has 0 atom stereocenters. The van der Waals surface area contributed by atoms with Crippen molar-refractivity contribution in [2.45, 2.75) is 26.2 Å². The number of pyridine rings is 1. The van der Waals surface area contributed by atoms with Gasteiger partial charge in [0.05, 0.1) is 11.4 Å². The van der Waals surface area contributed by atoms with Crippen LogP contribution in [0.2, 0.25) is 0 Å². The largest absolute Gasteiger partial charge is 0.397 e. The number of anilines is 2. The Morgan fingerprint density at radius 2 is 2.05 bits per heavy atom. The summed E-state index contributed by atoms with van der Waals surface area (Å²) < 4.78 is 0. The van der Waals surface area contributed by atoms with Crippen LogP contribution in [-0.2, 0) is 0 Å². The van der Waals surface area contributed by atoms with E-state index in [0.717, 1.165) is 29.7 Å². The van der Waals surface area contributed by atoms with Gasteiger partial charge in [-0.05, 0) is 64.4 Å². The Morgan fingerprint density at radius 3 is 2.68 bits per heavy atom. The van der Waals surface area contributed by atoms with E-state index >= 15 is 0 Å². The molecule has 0 bridgehead atoms. The molecule has 0 aliphatic carbocycles. The van der Waals surface area contributed by atoms with Crippen molar-refractivity contribution in [2.75, 3.05) is 44.4 Å². The van der Waals surface area contributed by atoms with Crippen LogP contribution >= 0.6 is 0 Å². The number of hydrogen-bond donors (Lipinski definition) is 1. The minimum Gasteiger partial charge on any atom is -0.397 e. The maximum Gasteiger partial charge on any atom is 0.128 e. The third-order valence-corrected chi connectivity index (χ3v) is 4.21. The van der Waals surface area contributed by atoms with E-state index in [2.05, 4.69) is 28.9 Å². The van der Waals surface area contributed by atoms with Gasteiger partial charge in [0.1, 0.15) is 5.82 Å². The molecule has 2 heterocycles. The lowest BCUT2D eigenvalue weighted by molar-refractivity contribution is 0.213. The van der Waals surface area contributed by atoms with Gasteiger partial charge in [-0.2, -0.15) is 0 Å². The van der Waals surface area contributed by atoms with Crippen molar-refractivity contribution in [3.8, 4) is 0 Å². The molecule has 0 unspecified atom stereocenters. The Balaban J connectivity index is 1.83. The van der Waals surface area contributed by atoms with Crippen molar-refractivity contribution in [3.63, 3.8) is 0 Å². The minimum atomic E-state index is 0.771. The van der Waals surface area contributed by atoms with Crippen LogP contribution in [0.3, 0.4) is 0 Å². The van der Waals surface area contributed by atoms with E-state index in [1.807, 2.05) is 19.1 Å². The fourth-order valence-electron chi connectivity index (χ4n) is 2.61. The molecular formula is C15H26N4. The third kappa shape index (κ3) is 3.83. The number of aromatic nitrogens is 1. The predicted octanol–water partition coefficient (Wildman–Crippen LogP) is 2.14. The number of rotatable bonds is 4. The number of nitrogen functional groups attached to an aromatic ring is 1. The summed E-state index contributed by atoms with van der Waals surface area (Å²) in [4.78, 5) is 9.20. The molecule has 0 saturated carbocycles. The number of nitrogens with two attached hydrogens (primary N) is 1. The molecule has 4 nitrogen and oxygen atoms in total. The van der Waals surface area contributed by atoms with E-state index in [1.54, 1.807) is 0 Å². The molecule has 4 heteroatoms. The molecule has 0 spiro atoms. The van der Waals surface area contributed by atoms with Crippen LogP contribution in [0.5, 0.6) is 0 Å². The van der Waals surface area contributed by atoms with Crippen molar-refractivity contribution in [3.05, 3.63) is 17.8 Å². The van der Waals surface area contributed by atoms with Crippen LogP contribution < -0.4 is 10.6 Å². The highest BCUT2D eigenvalue weighted by molar-refractivity contribution is 5.49. The average molecular weight is 262 g/mol. The second kappa shape index (κ2) is 6.24. The fraction of sp³-hybridized carbons (Fsp3) is 0.667. The maximum atomic E-state index is 5.81. The average Bonchev–Trinajstić information content (AvgIpc) is 2.41. The molecule has 2 N–H and O–H groups in total. The summed E-state index contributed by atoms with van der Waals surface area (Å²) in [6.07, 6.45) is 3.92. The van der Waals surface area contributed by atoms with Crippen molar-refractivity contribution in [2.24, 2.45) is 5.92 Å². The van der Waals surface area contributed by atoms with Gasteiger partial charge in [-0.3, -0.25) is 0 Å². The zero-order valence-electron chi connectivity index (χ0n) is 12.4. The molecule has 1 fully saturated rings. The first kappa shape index (κ1) is 14.1. The van der Waals surface area contributed by atoms with E-state index in [-0.39, 0.29) is 0 Å². The maximum absolute atomic E-state index is 5.81. The minimum absolute atomic E-state index is 0.771. The fourth-order valence-corrected chi connectivity index (χ4v) is 2.61. The van der Waals surface area contributed by atoms with Gasteiger partial charge in [-0.25, -0.2) is 4.98 Å². The zero-order valence-corrected chi connectivity index (χ0v) is 12.4. The first-order chi connectivity index (χ1) is 9.06. The highest BCUT2D eigenvalue weighted by atomic mass is 15.2. The van der Waals surface area contributed by atoms with Crippen LogP contribution in [0.4, 0.5) is 11.5 Å². The highest BCUT2D eigenvalue weighted by Gasteiger charge is 2.17. The molecule has 0 radical (unpaired) electrons. The Labute approximate surface area is 116 Å². The molecule has 2 rings (SSSR count). The number of piperidine rings is 1. The predicted molar refractivity (Wildman–Crippen MR) is 81.5 cm³/mol. The molecule has 106 valence electrons. The van der Waals surface area contributed by atoms with Gasteiger partial charge in [0.25, 0.3) is 0 Å².